The highest BCUT2D eigenvalue weighted by molar-refractivity contribution is 7.99. The lowest BCUT2D eigenvalue weighted by molar-refractivity contribution is -0.143. The fourth-order valence-electron chi connectivity index (χ4n) is 3.02. The lowest BCUT2D eigenvalue weighted by atomic mass is 10.1. The Balaban J connectivity index is 1.90. The number of benzene rings is 3. The van der Waals surface area contributed by atoms with Crippen molar-refractivity contribution in [2.24, 2.45) is 0 Å². The van der Waals surface area contributed by atoms with Crippen LogP contribution >= 0.6 is 35.0 Å². The van der Waals surface area contributed by atoms with Crippen LogP contribution in [-0.2, 0) is 20.9 Å². The Morgan fingerprint density at radius 2 is 1.70 bits per heavy atom. The first-order valence-corrected chi connectivity index (χ1v) is 11.5. The highest BCUT2D eigenvalue weighted by Gasteiger charge is 2.34. The van der Waals surface area contributed by atoms with Crippen LogP contribution in [0.15, 0.2) is 77.7 Å². The summed E-state index contributed by atoms with van der Waals surface area (Å²) in [6.45, 7) is 0.0524. The SMILES string of the molecule is COC(=O)[C@@H](NC(=O)OCc1ccccc1)C(Sc1ccccc1N)c1ccc(Cl)c(Cl)c1. The molecule has 3 rings (SSSR count). The van der Waals surface area contributed by atoms with E-state index in [0.717, 1.165) is 10.5 Å². The summed E-state index contributed by atoms with van der Waals surface area (Å²) in [6, 6.07) is 20.3. The zero-order valence-electron chi connectivity index (χ0n) is 17.7. The number of rotatable bonds is 8. The van der Waals surface area contributed by atoms with E-state index in [0.29, 0.717) is 21.3 Å². The minimum Gasteiger partial charge on any atom is -0.467 e. The van der Waals surface area contributed by atoms with E-state index in [1.54, 1.807) is 24.3 Å². The van der Waals surface area contributed by atoms with Crippen LogP contribution in [0.5, 0.6) is 0 Å². The van der Waals surface area contributed by atoms with E-state index in [1.807, 2.05) is 48.5 Å². The van der Waals surface area contributed by atoms with Crippen molar-refractivity contribution in [3.63, 3.8) is 0 Å². The third kappa shape index (κ3) is 6.81. The van der Waals surface area contributed by atoms with E-state index in [1.165, 1.54) is 18.9 Å². The first kappa shape index (κ1) is 24.8. The predicted octanol–water partition coefficient (Wildman–Crippen LogP) is 5.88. The van der Waals surface area contributed by atoms with Gasteiger partial charge >= 0.3 is 12.1 Å². The molecule has 0 fully saturated rings. The second-order valence-electron chi connectivity index (χ2n) is 6.96. The van der Waals surface area contributed by atoms with Gasteiger partial charge in [-0.2, -0.15) is 0 Å². The van der Waals surface area contributed by atoms with Crippen molar-refractivity contribution in [1.29, 1.82) is 0 Å². The van der Waals surface area contributed by atoms with E-state index < -0.39 is 23.4 Å². The molecule has 6 nitrogen and oxygen atoms in total. The summed E-state index contributed by atoms with van der Waals surface area (Å²) in [5.74, 6) is -0.648. The van der Waals surface area contributed by atoms with Crippen molar-refractivity contribution >= 4 is 52.7 Å². The number of methoxy groups -OCH3 is 1. The monoisotopic (exact) mass is 504 g/mol. The van der Waals surface area contributed by atoms with Crippen LogP contribution in [0, 0.1) is 0 Å². The molecule has 172 valence electrons. The molecule has 0 aliphatic heterocycles. The highest BCUT2D eigenvalue weighted by Crippen LogP contribution is 2.42. The van der Waals surface area contributed by atoms with E-state index in [9.17, 15) is 9.59 Å². The van der Waals surface area contributed by atoms with Crippen molar-refractivity contribution in [1.82, 2.24) is 5.32 Å². The third-order valence-electron chi connectivity index (χ3n) is 4.69. The van der Waals surface area contributed by atoms with Crippen LogP contribution in [-0.4, -0.2) is 25.2 Å². The number of nitrogens with one attached hydrogen (secondary N) is 1. The highest BCUT2D eigenvalue weighted by atomic mass is 35.5. The molecule has 33 heavy (non-hydrogen) atoms. The van der Waals surface area contributed by atoms with Crippen LogP contribution in [0.4, 0.5) is 10.5 Å². The molecule has 0 aromatic heterocycles. The number of esters is 1. The van der Waals surface area contributed by atoms with Crippen molar-refractivity contribution in [3.8, 4) is 0 Å². The zero-order chi connectivity index (χ0) is 23.8. The van der Waals surface area contributed by atoms with Crippen molar-refractivity contribution in [2.45, 2.75) is 22.8 Å². The molecule has 3 aromatic rings. The summed E-state index contributed by atoms with van der Waals surface area (Å²) in [6.07, 6.45) is -0.763. The number of alkyl carbamates (subject to hydrolysis) is 1. The molecule has 3 N–H and O–H groups in total. The Morgan fingerprint density at radius 1 is 1.00 bits per heavy atom. The van der Waals surface area contributed by atoms with Crippen LogP contribution in [0.2, 0.25) is 10.0 Å². The summed E-state index contributed by atoms with van der Waals surface area (Å²) in [7, 11) is 1.25. The molecular weight excluding hydrogens is 483 g/mol. The number of carbonyl (C=O) groups excluding carboxylic acids is 2. The van der Waals surface area contributed by atoms with Crippen LogP contribution in [0.25, 0.3) is 0 Å². The summed E-state index contributed by atoms with van der Waals surface area (Å²) in [4.78, 5) is 26.1. The van der Waals surface area contributed by atoms with Crippen molar-refractivity contribution < 1.29 is 19.1 Å². The number of nitrogen functional groups attached to an aromatic ring is 1. The Labute approximate surface area is 206 Å². The van der Waals surface area contributed by atoms with E-state index in [-0.39, 0.29) is 6.61 Å². The second kappa shape index (κ2) is 11.8. The van der Waals surface area contributed by atoms with Crippen LogP contribution in [0.3, 0.4) is 0 Å². The number of carbonyl (C=O) groups is 2. The minimum absolute atomic E-state index is 0.0524. The summed E-state index contributed by atoms with van der Waals surface area (Å²) in [5.41, 5.74) is 8.12. The molecule has 0 aliphatic carbocycles. The number of para-hydroxylation sites is 1. The normalized spacial score (nSPS) is 12.5. The molecule has 2 atom stereocenters. The van der Waals surface area contributed by atoms with Gasteiger partial charge in [0, 0.05) is 10.6 Å². The van der Waals surface area contributed by atoms with Gasteiger partial charge in [-0.15, -0.1) is 11.8 Å². The molecule has 0 heterocycles. The molecule has 0 aliphatic rings. The van der Waals surface area contributed by atoms with Gasteiger partial charge in [0.1, 0.15) is 12.6 Å². The third-order valence-corrected chi connectivity index (χ3v) is 6.85. The Morgan fingerprint density at radius 3 is 2.36 bits per heavy atom. The average molecular weight is 505 g/mol. The summed E-state index contributed by atoms with van der Waals surface area (Å²) >= 11 is 13.6. The number of hydrogen-bond donors (Lipinski definition) is 2. The van der Waals surface area contributed by atoms with Gasteiger partial charge < -0.3 is 20.5 Å². The molecule has 9 heteroatoms. The Bertz CT molecular complexity index is 1110. The van der Waals surface area contributed by atoms with Gasteiger partial charge in [0.25, 0.3) is 0 Å². The van der Waals surface area contributed by atoms with Crippen LogP contribution in [0.1, 0.15) is 16.4 Å². The fourth-order valence-corrected chi connectivity index (χ4v) is 4.56. The molecule has 0 bridgehead atoms. The van der Waals surface area contributed by atoms with E-state index >= 15 is 0 Å². The number of halogens is 2. The largest absolute Gasteiger partial charge is 0.467 e. The first-order chi connectivity index (χ1) is 15.9. The van der Waals surface area contributed by atoms with Crippen LogP contribution < -0.4 is 11.1 Å². The average Bonchev–Trinajstić information content (AvgIpc) is 2.83. The predicted molar refractivity (Wildman–Crippen MR) is 131 cm³/mol. The maximum Gasteiger partial charge on any atom is 0.408 e. The summed E-state index contributed by atoms with van der Waals surface area (Å²) < 4.78 is 10.3. The standard InChI is InChI=1S/C24H22Cl2N2O4S/c1-31-23(29)21(28-24(30)32-14-15-7-3-2-4-8-15)22(16-11-12-17(25)18(26)13-16)33-20-10-6-5-9-19(20)27/h2-13,21-22H,14,27H2,1H3,(H,28,30)/t21-,22?/m0/s1. The lowest BCUT2D eigenvalue weighted by Crippen LogP contribution is -2.45. The number of nitrogens with two attached hydrogens (primary N) is 1. The number of hydrogen-bond acceptors (Lipinski definition) is 6. The maximum atomic E-state index is 12.8. The Hall–Kier alpha value is -2.87. The molecule has 0 radical (unpaired) electrons. The van der Waals surface area contributed by atoms with E-state index in [4.69, 9.17) is 38.4 Å². The van der Waals surface area contributed by atoms with Gasteiger partial charge in [-0.25, -0.2) is 9.59 Å². The van der Waals surface area contributed by atoms with Crippen molar-refractivity contribution in [3.05, 3.63) is 94.0 Å². The first-order valence-electron chi connectivity index (χ1n) is 9.90. The fraction of sp³-hybridized carbons (Fsp3) is 0.167. The van der Waals surface area contributed by atoms with Gasteiger partial charge in [0.2, 0.25) is 0 Å². The minimum atomic E-state index is -1.10. The number of thioether (sulfide) groups is 1. The molecule has 1 unspecified atom stereocenters. The van der Waals surface area contributed by atoms with E-state index in [2.05, 4.69) is 5.32 Å². The molecule has 0 saturated heterocycles. The van der Waals surface area contributed by atoms with Gasteiger partial charge in [-0.3, -0.25) is 0 Å². The van der Waals surface area contributed by atoms with Gasteiger partial charge in [0.15, 0.2) is 0 Å². The molecule has 0 saturated carbocycles. The van der Waals surface area contributed by atoms with Gasteiger partial charge in [-0.1, -0.05) is 71.7 Å². The number of amides is 1. The zero-order valence-corrected chi connectivity index (χ0v) is 20.0. The maximum absolute atomic E-state index is 12.8. The lowest BCUT2D eigenvalue weighted by Gasteiger charge is -2.26. The molecule has 3 aromatic carbocycles. The molecule has 1 amide bonds. The molecular formula is C24H22Cl2N2O4S. The number of ether oxygens (including phenoxy) is 2. The summed E-state index contributed by atoms with van der Waals surface area (Å²) in [5, 5.41) is 2.68. The van der Waals surface area contributed by atoms with Gasteiger partial charge in [0.05, 0.1) is 22.4 Å². The topological polar surface area (TPSA) is 90.6 Å². The van der Waals surface area contributed by atoms with Crippen molar-refractivity contribution in [2.75, 3.05) is 12.8 Å². The smallest absolute Gasteiger partial charge is 0.408 e. The van der Waals surface area contributed by atoms with Gasteiger partial charge in [-0.05, 0) is 35.4 Å². The Kier molecular flexibility index (Phi) is 8.88. The number of anilines is 1. The quantitative estimate of drug-likeness (QED) is 0.226. The molecule has 0 spiro atoms. The second-order valence-corrected chi connectivity index (χ2v) is 8.95.